The van der Waals surface area contributed by atoms with E-state index >= 15 is 0 Å². The van der Waals surface area contributed by atoms with Crippen LogP contribution in [0.25, 0.3) is 16.5 Å². The highest BCUT2D eigenvalue weighted by molar-refractivity contribution is 7.16. The number of aryl methyl sites for hydroxylation is 3. The summed E-state index contributed by atoms with van der Waals surface area (Å²) in [6.07, 6.45) is 4.37. The van der Waals surface area contributed by atoms with Crippen LogP contribution in [0.4, 0.5) is 5.00 Å². The minimum Gasteiger partial charge on any atom is -0.494 e. The second-order valence-corrected chi connectivity index (χ2v) is 10.8. The van der Waals surface area contributed by atoms with Gasteiger partial charge >= 0.3 is 5.97 Å². The molecule has 5 rings (SSSR count). The van der Waals surface area contributed by atoms with E-state index in [2.05, 4.69) is 6.92 Å². The molecule has 7 heteroatoms. The van der Waals surface area contributed by atoms with Gasteiger partial charge in [-0.25, -0.2) is 14.4 Å². The van der Waals surface area contributed by atoms with Gasteiger partial charge in [-0.2, -0.15) is 0 Å². The molecule has 1 aliphatic rings. The number of hydrogen-bond acceptors (Lipinski definition) is 6. The predicted octanol–water partition coefficient (Wildman–Crippen LogP) is 6.43. The van der Waals surface area contributed by atoms with Gasteiger partial charge in [0.25, 0.3) is 5.56 Å². The number of aromatic nitrogens is 1. The first-order valence-electron chi connectivity index (χ1n) is 12.6. The normalized spacial score (nSPS) is 15.3. The molecular formula is C30H30N2O4S. The molecule has 0 saturated carbocycles. The Morgan fingerprint density at radius 3 is 2.68 bits per heavy atom. The van der Waals surface area contributed by atoms with Gasteiger partial charge in [0.15, 0.2) is 0 Å². The van der Waals surface area contributed by atoms with E-state index in [1.165, 1.54) is 20.8 Å². The van der Waals surface area contributed by atoms with Gasteiger partial charge in [0, 0.05) is 21.9 Å². The quantitative estimate of drug-likeness (QED) is 0.246. The first-order chi connectivity index (χ1) is 17.8. The summed E-state index contributed by atoms with van der Waals surface area (Å²) in [5, 5.41) is 13.1. The fraction of sp³-hybridized carbons (Fsp3) is 0.300. The Hall–Kier alpha value is -3.71. The molecule has 0 amide bonds. The number of esters is 1. The van der Waals surface area contributed by atoms with Crippen molar-refractivity contribution in [2.75, 3.05) is 6.61 Å². The number of rotatable bonds is 5. The minimum atomic E-state index is -0.365. The molecule has 1 aliphatic carbocycles. The predicted molar refractivity (Wildman–Crippen MR) is 149 cm³/mol. The van der Waals surface area contributed by atoms with Crippen LogP contribution < -0.4 is 5.56 Å². The summed E-state index contributed by atoms with van der Waals surface area (Å²) in [6.45, 7) is 8.25. The first kappa shape index (κ1) is 25.0. The molecule has 190 valence electrons. The van der Waals surface area contributed by atoms with Crippen molar-refractivity contribution in [1.82, 2.24) is 4.57 Å². The number of ether oxygens (including phenoxy) is 1. The second kappa shape index (κ2) is 9.98. The third-order valence-corrected chi connectivity index (χ3v) is 8.33. The zero-order valence-electron chi connectivity index (χ0n) is 21.5. The summed E-state index contributed by atoms with van der Waals surface area (Å²) < 4.78 is 6.71. The summed E-state index contributed by atoms with van der Waals surface area (Å²) in [6, 6.07) is 12.8. The van der Waals surface area contributed by atoms with Crippen LogP contribution in [0.1, 0.15) is 57.8 Å². The second-order valence-electron chi connectivity index (χ2n) is 9.70. The van der Waals surface area contributed by atoms with Crippen molar-refractivity contribution in [3.63, 3.8) is 0 Å². The zero-order chi connectivity index (χ0) is 26.3. The lowest BCUT2D eigenvalue weighted by atomic mass is 9.88. The molecule has 6 nitrogen and oxygen atoms in total. The van der Waals surface area contributed by atoms with Crippen molar-refractivity contribution >= 4 is 39.3 Å². The van der Waals surface area contributed by atoms with E-state index in [-0.39, 0.29) is 24.0 Å². The highest BCUT2D eigenvalue weighted by Crippen LogP contribution is 2.42. The van der Waals surface area contributed by atoms with Gasteiger partial charge in [0.05, 0.1) is 23.4 Å². The molecule has 4 aromatic rings. The van der Waals surface area contributed by atoms with Gasteiger partial charge in [-0.1, -0.05) is 31.2 Å². The van der Waals surface area contributed by atoms with Crippen LogP contribution in [0.3, 0.4) is 0 Å². The molecule has 1 N–H and O–H groups in total. The van der Waals surface area contributed by atoms with Crippen molar-refractivity contribution < 1.29 is 14.6 Å². The maximum atomic E-state index is 13.5. The minimum absolute atomic E-state index is 0.191. The molecule has 0 saturated heterocycles. The topological polar surface area (TPSA) is 80.9 Å². The highest BCUT2D eigenvalue weighted by Gasteiger charge is 2.28. The van der Waals surface area contributed by atoms with Crippen LogP contribution in [-0.2, 0) is 17.6 Å². The molecule has 1 unspecified atom stereocenters. The van der Waals surface area contributed by atoms with Crippen LogP contribution in [0.5, 0.6) is 5.88 Å². The lowest BCUT2D eigenvalue weighted by molar-refractivity contribution is 0.0526. The molecule has 2 heterocycles. The van der Waals surface area contributed by atoms with Crippen LogP contribution >= 0.6 is 11.3 Å². The Morgan fingerprint density at radius 1 is 1.19 bits per heavy atom. The van der Waals surface area contributed by atoms with Crippen molar-refractivity contribution in [2.45, 2.75) is 47.0 Å². The van der Waals surface area contributed by atoms with Gasteiger partial charge < -0.3 is 9.84 Å². The number of fused-ring (bicyclic) bond motifs is 2. The molecule has 37 heavy (non-hydrogen) atoms. The molecular weight excluding hydrogens is 484 g/mol. The van der Waals surface area contributed by atoms with Gasteiger partial charge in [0.1, 0.15) is 5.00 Å². The summed E-state index contributed by atoms with van der Waals surface area (Å²) >= 11 is 1.51. The SMILES string of the molecule is CCOC(=O)c1c(/N=C/c2c(O)n(-c3ccc(C)c(C)c3)c(=O)c3ccccc23)sc2c1CC(C)CC2. The van der Waals surface area contributed by atoms with Crippen molar-refractivity contribution in [3.05, 3.63) is 85.5 Å². The Bertz CT molecular complexity index is 1610. The summed E-state index contributed by atoms with van der Waals surface area (Å²) in [4.78, 5) is 32.3. The largest absolute Gasteiger partial charge is 0.494 e. The standard InChI is InChI=1S/C30H30N2O4S/c1-5-36-30(35)26-23-14-17(2)10-13-25(23)37-27(26)31-16-24-21-8-6-7-9-22(21)28(33)32(29(24)34)20-12-11-18(3)19(4)15-20/h6-9,11-12,15-17,34H,5,10,13-14H2,1-4H3/b31-16+. The lowest BCUT2D eigenvalue weighted by Gasteiger charge is -2.18. The number of pyridine rings is 1. The maximum Gasteiger partial charge on any atom is 0.341 e. The van der Waals surface area contributed by atoms with Crippen LogP contribution in [0.15, 0.2) is 52.3 Å². The van der Waals surface area contributed by atoms with Crippen LogP contribution in [-0.4, -0.2) is 28.5 Å². The van der Waals surface area contributed by atoms with E-state index < -0.39 is 0 Å². The van der Waals surface area contributed by atoms with E-state index in [4.69, 9.17) is 9.73 Å². The molecule has 0 aliphatic heterocycles. The zero-order valence-corrected chi connectivity index (χ0v) is 22.3. The van der Waals surface area contributed by atoms with Crippen LogP contribution in [0, 0.1) is 19.8 Å². The molecule has 2 aromatic carbocycles. The van der Waals surface area contributed by atoms with Crippen molar-refractivity contribution in [1.29, 1.82) is 0 Å². The molecule has 1 atom stereocenters. The van der Waals surface area contributed by atoms with E-state index in [9.17, 15) is 14.7 Å². The van der Waals surface area contributed by atoms with Gasteiger partial charge in [-0.15, -0.1) is 11.3 Å². The Balaban J connectivity index is 1.70. The van der Waals surface area contributed by atoms with Gasteiger partial charge in [0.2, 0.25) is 5.88 Å². The Morgan fingerprint density at radius 2 is 1.95 bits per heavy atom. The summed E-state index contributed by atoms with van der Waals surface area (Å²) in [7, 11) is 0. The van der Waals surface area contributed by atoms with Crippen molar-refractivity contribution in [2.24, 2.45) is 10.9 Å². The third kappa shape index (κ3) is 4.48. The fourth-order valence-electron chi connectivity index (χ4n) is 4.97. The number of benzene rings is 2. The van der Waals surface area contributed by atoms with Crippen LogP contribution in [0.2, 0.25) is 0 Å². The van der Waals surface area contributed by atoms with Crippen molar-refractivity contribution in [3.8, 4) is 11.6 Å². The molecule has 0 spiro atoms. The number of hydrogen-bond donors (Lipinski definition) is 1. The number of aromatic hydroxyl groups is 1. The monoisotopic (exact) mass is 514 g/mol. The van der Waals surface area contributed by atoms with Gasteiger partial charge in [-0.3, -0.25) is 4.79 Å². The van der Waals surface area contributed by atoms with E-state index in [1.54, 1.807) is 31.3 Å². The van der Waals surface area contributed by atoms with Gasteiger partial charge in [-0.05, 0) is 80.8 Å². The van der Waals surface area contributed by atoms with E-state index in [0.29, 0.717) is 38.5 Å². The lowest BCUT2D eigenvalue weighted by Crippen LogP contribution is -2.20. The Kier molecular flexibility index (Phi) is 6.73. The van der Waals surface area contributed by atoms with E-state index in [0.717, 1.165) is 36.0 Å². The molecule has 0 radical (unpaired) electrons. The Labute approximate surface area is 219 Å². The molecule has 2 aromatic heterocycles. The third-order valence-electron chi connectivity index (χ3n) is 7.13. The number of nitrogens with zero attached hydrogens (tertiary/aromatic N) is 2. The summed E-state index contributed by atoms with van der Waals surface area (Å²) in [5.41, 5.74) is 4.37. The molecule has 0 fully saturated rings. The summed E-state index contributed by atoms with van der Waals surface area (Å²) in [5.74, 6) is -0.0691. The number of thiophene rings is 1. The fourth-order valence-corrected chi connectivity index (χ4v) is 6.14. The number of carbonyl (C=O) groups excluding carboxylic acids is 1. The first-order valence-corrected chi connectivity index (χ1v) is 13.4. The smallest absolute Gasteiger partial charge is 0.341 e. The number of carbonyl (C=O) groups is 1. The maximum absolute atomic E-state index is 13.5. The average Bonchev–Trinajstić information content (AvgIpc) is 3.23. The van der Waals surface area contributed by atoms with E-state index in [1.807, 2.05) is 38.1 Å². The highest BCUT2D eigenvalue weighted by atomic mass is 32.1. The molecule has 0 bridgehead atoms. The number of aliphatic imine (C=N–C) groups is 1. The average molecular weight is 515 g/mol.